The third-order valence-corrected chi connectivity index (χ3v) is 4.19. The van der Waals surface area contributed by atoms with Gasteiger partial charge >= 0.3 is 0 Å². The Labute approximate surface area is 118 Å². The van der Waals surface area contributed by atoms with Gasteiger partial charge in [-0.15, -0.1) is 0 Å². The molecule has 3 nitrogen and oxygen atoms in total. The number of aromatic amines is 1. The highest BCUT2D eigenvalue weighted by Gasteiger charge is 2.25. The van der Waals surface area contributed by atoms with E-state index >= 15 is 0 Å². The van der Waals surface area contributed by atoms with Crippen LogP contribution in [-0.4, -0.2) is 14.8 Å². The van der Waals surface area contributed by atoms with Crippen LogP contribution in [0, 0.1) is 4.77 Å². The van der Waals surface area contributed by atoms with Gasteiger partial charge in [0.2, 0.25) is 0 Å². The second kappa shape index (κ2) is 4.93. The van der Waals surface area contributed by atoms with E-state index in [-0.39, 0.29) is 0 Å². The Morgan fingerprint density at radius 1 is 1.37 bits per heavy atom. The van der Waals surface area contributed by atoms with Gasteiger partial charge in [0.15, 0.2) is 4.77 Å². The van der Waals surface area contributed by atoms with Crippen LogP contribution in [0.1, 0.15) is 55.6 Å². The summed E-state index contributed by atoms with van der Waals surface area (Å²) in [6, 6.07) is 9.06. The number of nitrogens with one attached hydrogen (secondary N) is 1. The second-order valence-electron chi connectivity index (χ2n) is 5.52. The average molecular weight is 273 g/mol. The highest BCUT2D eigenvalue weighted by molar-refractivity contribution is 7.71. The zero-order valence-corrected chi connectivity index (χ0v) is 12.2. The van der Waals surface area contributed by atoms with Gasteiger partial charge in [0.05, 0.1) is 6.04 Å². The second-order valence-corrected chi connectivity index (χ2v) is 5.91. The molecule has 0 aliphatic heterocycles. The van der Waals surface area contributed by atoms with Crippen LogP contribution in [0.2, 0.25) is 0 Å². The Balaban J connectivity index is 2.14. The molecule has 1 atom stereocenters. The number of rotatable bonds is 2. The van der Waals surface area contributed by atoms with Gasteiger partial charge in [0.25, 0.3) is 0 Å². The molecule has 1 aromatic carbocycles. The van der Waals surface area contributed by atoms with E-state index < -0.39 is 0 Å². The first-order valence-corrected chi connectivity index (χ1v) is 7.34. The smallest absolute Gasteiger partial charge is 0.195 e. The molecule has 1 heterocycles. The molecular formula is C15H19N3S. The minimum Gasteiger partial charge on any atom is -0.296 e. The van der Waals surface area contributed by atoms with Crippen molar-refractivity contribution in [3.8, 4) is 0 Å². The zero-order chi connectivity index (χ0) is 13.4. The molecule has 19 heavy (non-hydrogen) atoms. The molecule has 0 fully saturated rings. The molecule has 0 spiro atoms. The van der Waals surface area contributed by atoms with Gasteiger partial charge in [-0.3, -0.25) is 9.67 Å². The number of nitrogens with zero attached hydrogens (tertiary/aromatic N) is 2. The summed E-state index contributed by atoms with van der Waals surface area (Å²) in [4.78, 5) is 0. The molecule has 1 unspecified atom stereocenters. The van der Waals surface area contributed by atoms with Crippen LogP contribution < -0.4 is 0 Å². The fourth-order valence-electron chi connectivity index (χ4n) is 3.02. The first kappa shape index (κ1) is 12.6. The maximum atomic E-state index is 5.45. The summed E-state index contributed by atoms with van der Waals surface area (Å²) in [5.41, 5.74) is 2.87. The average Bonchev–Trinajstić information content (AvgIpc) is 2.80. The highest BCUT2D eigenvalue weighted by Crippen LogP contribution is 2.34. The van der Waals surface area contributed by atoms with Crippen molar-refractivity contribution >= 4 is 12.2 Å². The Hall–Kier alpha value is -1.42. The van der Waals surface area contributed by atoms with Crippen molar-refractivity contribution in [1.82, 2.24) is 14.8 Å². The van der Waals surface area contributed by atoms with Gasteiger partial charge in [0.1, 0.15) is 5.82 Å². The molecule has 0 amide bonds. The molecule has 4 heteroatoms. The lowest BCUT2D eigenvalue weighted by molar-refractivity contribution is 0.463. The topological polar surface area (TPSA) is 33.6 Å². The summed E-state index contributed by atoms with van der Waals surface area (Å²) < 4.78 is 2.96. The number of fused-ring (bicyclic) bond motifs is 1. The molecule has 0 saturated heterocycles. The monoisotopic (exact) mass is 273 g/mol. The number of aryl methyl sites for hydroxylation is 1. The lowest BCUT2D eigenvalue weighted by Crippen LogP contribution is -2.20. The minimum absolute atomic E-state index is 0.341. The SMILES string of the molecule is CC(C)c1n[nH]c(=S)n1C1CCCc2ccccc21. The summed E-state index contributed by atoms with van der Waals surface area (Å²) >= 11 is 5.45. The highest BCUT2D eigenvalue weighted by atomic mass is 32.1. The summed E-state index contributed by atoms with van der Waals surface area (Å²) in [6.07, 6.45) is 3.53. The summed E-state index contributed by atoms with van der Waals surface area (Å²) in [5, 5.41) is 7.37. The van der Waals surface area contributed by atoms with Crippen molar-refractivity contribution in [1.29, 1.82) is 0 Å². The van der Waals surface area contributed by atoms with Crippen LogP contribution in [-0.2, 0) is 6.42 Å². The third kappa shape index (κ3) is 2.14. The van der Waals surface area contributed by atoms with E-state index in [0.717, 1.165) is 17.0 Å². The molecular weight excluding hydrogens is 254 g/mol. The number of aromatic nitrogens is 3. The minimum atomic E-state index is 0.341. The van der Waals surface area contributed by atoms with Gasteiger partial charge in [0, 0.05) is 5.92 Å². The lowest BCUT2D eigenvalue weighted by Gasteiger charge is -2.28. The largest absolute Gasteiger partial charge is 0.296 e. The van der Waals surface area contributed by atoms with E-state index in [1.54, 1.807) is 0 Å². The van der Waals surface area contributed by atoms with Crippen molar-refractivity contribution in [3.63, 3.8) is 0 Å². The number of H-pyrrole nitrogens is 1. The van der Waals surface area contributed by atoms with Gasteiger partial charge in [-0.1, -0.05) is 38.1 Å². The van der Waals surface area contributed by atoms with Crippen LogP contribution in [0.15, 0.2) is 24.3 Å². The number of hydrogen-bond donors (Lipinski definition) is 1. The van der Waals surface area contributed by atoms with Crippen molar-refractivity contribution < 1.29 is 0 Å². The fourth-order valence-corrected chi connectivity index (χ4v) is 3.29. The van der Waals surface area contributed by atoms with Crippen LogP contribution in [0.3, 0.4) is 0 Å². The molecule has 2 aromatic rings. The maximum Gasteiger partial charge on any atom is 0.195 e. The lowest BCUT2D eigenvalue weighted by atomic mass is 9.87. The molecule has 1 aliphatic rings. The molecule has 0 bridgehead atoms. The maximum absolute atomic E-state index is 5.45. The van der Waals surface area contributed by atoms with Crippen molar-refractivity contribution in [2.45, 2.75) is 45.1 Å². The van der Waals surface area contributed by atoms with Gasteiger partial charge in [-0.2, -0.15) is 5.10 Å². The van der Waals surface area contributed by atoms with E-state index in [2.05, 4.69) is 52.9 Å². The molecule has 1 aromatic heterocycles. The van der Waals surface area contributed by atoms with Gasteiger partial charge < -0.3 is 0 Å². The van der Waals surface area contributed by atoms with Crippen LogP contribution in [0.5, 0.6) is 0 Å². The van der Waals surface area contributed by atoms with E-state index in [1.807, 2.05) is 0 Å². The third-order valence-electron chi connectivity index (χ3n) is 3.90. The Kier molecular flexibility index (Phi) is 3.27. The number of benzene rings is 1. The summed E-state index contributed by atoms with van der Waals surface area (Å²) in [5.74, 6) is 1.44. The predicted octanol–water partition coefficient (Wildman–Crippen LogP) is 3.99. The van der Waals surface area contributed by atoms with Crippen LogP contribution >= 0.6 is 12.2 Å². The molecule has 3 rings (SSSR count). The van der Waals surface area contributed by atoms with Crippen LogP contribution in [0.25, 0.3) is 0 Å². The normalized spacial score (nSPS) is 18.6. The molecule has 100 valence electrons. The molecule has 0 radical (unpaired) electrons. The van der Waals surface area contributed by atoms with Crippen LogP contribution in [0.4, 0.5) is 0 Å². The zero-order valence-electron chi connectivity index (χ0n) is 11.4. The van der Waals surface area contributed by atoms with Crippen molar-refractivity contribution in [3.05, 3.63) is 46.0 Å². The molecule has 0 saturated carbocycles. The first-order valence-electron chi connectivity index (χ1n) is 6.93. The van der Waals surface area contributed by atoms with E-state index in [9.17, 15) is 0 Å². The van der Waals surface area contributed by atoms with Gasteiger partial charge in [-0.05, 0) is 42.6 Å². The Morgan fingerprint density at radius 2 is 2.16 bits per heavy atom. The van der Waals surface area contributed by atoms with Crippen molar-refractivity contribution in [2.24, 2.45) is 0 Å². The molecule has 1 N–H and O–H groups in total. The first-order chi connectivity index (χ1) is 9.18. The van der Waals surface area contributed by atoms with E-state index in [4.69, 9.17) is 12.2 Å². The quantitative estimate of drug-likeness (QED) is 0.839. The Bertz CT molecular complexity index is 639. The summed E-state index contributed by atoms with van der Waals surface area (Å²) in [7, 11) is 0. The summed E-state index contributed by atoms with van der Waals surface area (Å²) in [6.45, 7) is 4.33. The Morgan fingerprint density at radius 3 is 2.95 bits per heavy atom. The standard InChI is InChI=1S/C15H19N3S/c1-10(2)14-16-17-15(19)18(14)13-9-5-7-11-6-3-4-8-12(11)13/h3-4,6,8,10,13H,5,7,9H2,1-2H3,(H,17,19). The molecule has 1 aliphatic carbocycles. The van der Waals surface area contributed by atoms with E-state index in [1.165, 1.54) is 24.0 Å². The fraction of sp³-hybridized carbons (Fsp3) is 0.467. The number of hydrogen-bond acceptors (Lipinski definition) is 2. The van der Waals surface area contributed by atoms with E-state index in [0.29, 0.717) is 12.0 Å². The van der Waals surface area contributed by atoms with Gasteiger partial charge in [-0.25, -0.2) is 0 Å². The van der Waals surface area contributed by atoms with Crippen molar-refractivity contribution in [2.75, 3.05) is 0 Å². The predicted molar refractivity (Wildman–Crippen MR) is 79.0 cm³/mol.